The first-order valence-electron chi connectivity index (χ1n) is 10.4. The zero-order chi connectivity index (χ0) is 22.5. The van der Waals surface area contributed by atoms with Gasteiger partial charge in [-0.3, -0.25) is 9.59 Å². The summed E-state index contributed by atoms with van der Waals surface area (Å²) in [5.41, 5.74) is 2.96. The summed E-state index contributed by atoms with van der Waals surface area (Å²) in [6.07, 6.45) is 1.95. The number of carbonyl (C=O) groups excluding carboxylic acids is 3. The highest BCUT2D eigenvalue weighted by Crippen LogP contribution is 2.25. The summed E-state index contributed by atoms with van der Waals surface area (Å²) in [7, 11) is 1.32. The summed E-state index contributed by atoms with van der Waals surface area (Å²) in [4.78, 5) is 42.1. The lowest BCUT2D eigenvalue weighted by Crippen LogP contribution is -2.40. The Balaban J connectivity index is 1.51. The molecule has 0 spiro atoms. The highest BCUT2D eigenvalue weighted by Gasteiger charge is 2.29. The van der Waals surface area contributed by atoms with Crippen LogP contribution in [-0.4, -0.2) is 47.9 Å². The number of ether oxygens (including phenoxy) is 1. The van der Waals surface area contributed by atoms with Crippen LogP contribution >= 0.6 is 11.6 Å². The Labute approximate surface area is 187 Å². The lowest BCUT2D eigenvalue weighted by Gasteiger charge is -2.31. The molecule has 8 heteroatoms. The predicted molar refractivity (Wildman–Crippen MR) is 118 cm³/mol. The molecule has 0 atom stereocenters. The van der Waals surface area contributed by atoms with E-state index < -0.39 is 5.97 Å². The molecule has 2 N–H and O–H groups in total. The van der Waals surface area contributed by atoms with Crippen LogP contribution in [0.2, 0.25) is 5.02 Å². The molecule has 1 fully saturated rings. The van der Waals surface area contributed by atoms with Crippen molar-refractivity contribution in [2.75, 3.05) is 20.2 Å². The predicted octanol–water partition coefficient (Wildman–Crippen LogP) is 3.63. The monoisotopic (exact) mass is 445 g/mol. The van der Waals surface area contributed by atoms with Gasteiger partial charge in [0, 0.05) is 36.8 Å². The van der Waals surface area contributed by atoms with Gasteiger partial charge in [-0.15, -0.1) is 0 Å². The first kappa shape index (κ1) is 22.9. The van der Waals surface area contributed by atoms with Crippen molar-refractivity contribution < 1.29 is 19.1 Å². The minimum absolute atomic E-state index is 0.0109. The van der Waals surface area contributed by atoms with Crippen molar-refractivity contribution in [2.24, 2.45) is 5.92 Å². The molecule has 7 nitrogen and oxygen atoms in total. The highest BCUT2D eigenvalue weighted by atomic mass is 35.5. The molecule has 31 heavy (non-hydrogen) atoms. The maximum Gasteiger partial charge on any atom is 0.339 e. The number of esters is 1. The molecule has 1 aromatic carbocycles. The zero-order valence-electron chi connectivity index (χ0n) is 18.1. The number of halogens is 1. The SMILES string of the molecule is COC(=O)c1c(C)[nH]c(C(=O)N2CCC(CC(=O)NCc3ccccc3Cl)CC2)c1C. The third-order valence-corrected chi connectivity index (χ3v) is 6.22. The normalized spacial score (nSPS) is 14.4. The Bertz CT molecular complexity index is 977. The van der Waals surface area contributed by atoms with Gasteiger partial charge in [-0.25, -0.2) is 4.79 Å². The number of rotatable bonds is 6. The Morgan fingerprint density at radius 3 is 2.52 bits per heavy atom. The Morgan fingerprint density at radius 1 is 1.19 bits per heavy atom. The average molecular weight is 446 g/mol. The van der Waals surface area contributed by atoms with Gasteiger partial charge in [0.05, 0.1) is 12.7 Å². The van der Waals surface area contributed by atoms with Gasteiger partial charge in [-0.2, -0.15) is 0 Å². The molecule has 0 aliphatic carbocycles. The van der Waals surface area contributed by atoms with Crippen LogP contribution in [0.3, 0.4) is 0 Å². The lowest BCUT2D eigenvalue weighted by atomic mass is 9.93. The molecule has 2 aromatic rings. The van der Waals surface area contributed by atoms with Gasteiger partial charge in [0.15, 0.2) is 0 Å². The molecule has 1 aromatic heterocycles. The van der Waals surface area contributed by atoms with Crippen molar-refractivity contribution in [1.82, 2.24) is 15.2 Å². The molecule has 0 unspecified atom stereocenters. The number of carbonyl (C=O) groups is 3. The molecule has 0 bridgehead atoms. The summed E-state index contributed by atoms with van der Waals surface area (Å²) >= 11 is 6.13. The Kier molecular flexibility index (Phi) is 7.38. The molecule has 2 heterocycles. The lowest BCUT2D eigenvalue weighted by molar-refractivity contribution is -0.122. The fraction of sp³-hybridized carbons (Fsp3) is 0.435. The minimum atomic E-state index is -0.452. The molecular weight excluding hydrogens is 418 g/mol. The van der Waals surface area contributed by atoms with E-state index in [9.17, 15) is 14.4 Å². The van der Waals surface area contributed by atoms with E-state index in [1.165, 1.54) is 7.11 Å². The van der Waals surface area contributed by atoms with Crippen molar-refractivity contribution in [3.8, 4) is 0 Å². The van der Waals surface area contributed by atoms with Crippen molar-refractivity contribution in [1.29, 1.82) is 0 Å². The molecule has 1 saturated heterocycles. The second kappa shape index (κ2) is 10.0. The standard InChI is InChI=1S/C23H28ClN3O4/c1-14-20(23(30)31-3)15(2)26-21(14)22(29)27-10-8-16(9-11-27)12-19(28)25-13-17-6-4-5-7-18(17)24/h4-7,16,26H,8-13H2,1-3H3,(H,25,28). The van der Waals surface area contributed by atoms with E-state index in [2.05, 4.69) is 10.3 Å². The van der Waals surface area contributed by atoms with E-state index in [1.807, 2.05) is 18.2 Å². The van der Waals surface area contributed by atoms with Crippen LogP contribution < -0.4 is 5.32 Å². The number of nitrogens with zero attached hydrogens (tertiary/aromatic N) is 1. The van der Waals surface area contributed by atoms with Crippen molar-refractivity contribution in [2.45, 2.75) is 39.7 Å². The van der Waals surface area contributed by atoms with Crippen LogP contribution in [0.4, 0.5) is 0 Å². The number of nitrogens with one attached hydrogen (secondary N) is 2. The number of hydrogen-bond donors (Lipinski definition) is 2. The topological polar surface area (TPSA) is 91.5 Å². The van der Waals surface area contributed by atoms with Crippen LogP contribution in [0, 0.1) is 19.8 Å². The van der Waals surface area contributed by atoms with Gasteiger partial charge in [-0.05, 0) is 49.8 Å². The Hall–Kier alpha value is -2.80. The number of methoxy groups -OCH3 is 1. The molecule has 1 aliphatic heterocycles. The summed E-state index contributed by atoms with van der Waals surface area (Å²) in [6.45, 7) is 5.06. The van der Waals surface area contributed by atoms with E-state index in [4.69, 9.17) is 16.3 Å². The molecule has 3 rings (SSSR count). The second-order valence-electron chi connectivity index (χ2n) is 7.92. The number of aryl methyl sites for hydroxylation is 1. The molecule has 2 amide bonds. The van der Waals surface area contributed by atoms with E-state index in [0.29, 0.717) is 53.6 Å². The van der Waals surface area contributed by atoms with Crippen molar-refractivity contribution >= 4 is 29.4 Å². The van der Waals surface area contributed by atoms with Crippen LogP contribution in [0.15, 0.2) is 24.3 Å². The van der Waals surface area contributed by atoms with E-state index in [-0.39, 0.29) is 17.7 Å². The third-order valence-electron chi connectivity index (χ3n) is 5.85. The van der Waals surface area contributed by atoms with Gasteiger partial charge < -0.3 is 19.9 Å². The fourth-order valence-electron chi connectivity index (χ4n) is 4.04. The summed E-state index contributed by atoms with van der Waals surface area (Å²) in [5.74, 6) is -0.361. The molecule has 166 valence electrons. The fourth-order valence-corrected chi connectivity index (χ4v) is 4.24. The van der Waals surface area contributed by atoms with Gasteiger partial charge in [0.25, 0.3) is 5.91 Å². The number of benzene rings is 1. The van der Waals surface area contributed by atoms with Gasteiger partial charge in [0.1, 0.15) is 5.69 Å². The van der Waals surface area contributed by atoms with Crippen LogP contribution in [0.25, 0.3) is 0 Å². The van der Waals surface area contributed by atoms with Crippen LogP contribution in [-0.2, 0) is 16.1 Å². The van der Waals surface area contributed by atoms with Gasteiger partial charge in [-0.1, -0.05) is 29.8 Å². The van der Waals surface area contributed by atoms with Crippen molar-refractivity contribution in [3.63, 3.8) is 0 Å². The first-order chi connectivity index (χ1) is 14.8. The average Bonchev–Trinajstić information content (AvgIpc) is 3.06. The number of aromatic nitrogens is 1. The summed E-state index contributed by atoms with van der Waals surface area (Å²) in [5, 5.41) is 3.57. The number of aromatic amines is 1. The number of hydrogen-bond acceptors (Lipinski definition) is 4. The number of amides is 2. The van der Waals surface area contributed by atoms with Crippen LogP contribution in [0.5, 0.6) is 0 Å². The zero-order valence-corrected chi connectivity index (χ0v) is 18.8. The van der Waals surface area contributed by atoms with Gasteiger partial charge >= 0.3 is 5.97 Å². The minimum Gasteiger partial charge on any atom is -0.465 e. The van der Waals surface area contributed by atoms with E-state index in [1.54, 1.807) is 24.8 Å². The second-order valence-corrected chi connectivity index (χ2v) is 8.33. The highest BCUT2D eigenvalue weighted by molar-refractivity contribution is 6.31. The number of H-pyrrole nitrogens is 1. The van der Waals surface area contributed by atoms with Crippen LogP contribution in [0.1, 0.15) is 56.9 Å². The number of piperidine rings is 1. The molecule has 0 radical (unpaired) electrons. The van der Waals surface area contributed by atoms with E-state index in [0.717, 1.165) is 18.4 Å². The molecular formula is C23H28ClN3O4. The summed E-state index contributed by atoms with van der Waals surface area (Å²) < 4.78 is 4.81. The quantitative estimate of drug-likeness (QED) is 0.664. The maximum absolute atomic E-state index is 13.0. The maximum atomic E-state index is 13.0. The smallest absolute Gasteiger partial charge is 0.339 e. The molecule has 1 aliphatic rings. The summed E-state index contributed by atoms with van der Waals surface area (Å²) in [6, 6.07) is 7.44. The largest absolute Gasteiger partial charge is 0.465 e. The number of likely N-dealkylation sites (tertiary alicyclic amines) is 1. The Morgan fingerprint density at radius 2 is 1.87 bits per heavy atom. The van der Waals surface area contributed by atoms with Gasteiger partial charge in [0.2, 0.25) is 5.91 Å². The first-order valence-corrected chi connectivity index (χ1v) is 10.8. The van der Waals surface area contributed by atoms with Crippen molar-refractivity contribution in [3.05, 3.63) is 57.4 Å². The van der Waals surface area contributed by atoms with E-state index >= 15 is 0 Å². The third kappa shape index (κ3) is 5.28. The molecule has 0 saturated carbocycles.